The Morgan fingerprint density at radius 3 is 2.64 bits per heavy atom. The summed E-state index contributed by atoms with van der Waals surface area (Å²) in [7, 11) is 0. The minimum atomic E-state index is -1.02. The lowest BCUT2D eigenvalue weighted by atomic mass is 10.1. The number of hydrogen-bond donors (Lipinski definition) is 2. The molecule has 0 saturated carbocycles. The first-order valence-electron chi connectivity index (χ1n) is 11.3. The maximum Gasteiger partial charge on any atom is 0.229 e. The van der Waals surface area contributed by atoms with Crippen LogP contribution in [0.15, 0.2) is 42.7 Å². The Kier molecular flexibility index (Phi) is 5.28. The van der Waals surface area contributed by atoms with E-state index in [0.29, 0.717) is 65.9 Å². The van der Waals surface area contributed by atoms with Gasteiger partial charge in [-0.1, -0.05) is 6.07 Å². The summed E-state index contributed by atoms with van der Waals surface area (Å²) in [5.41, 5.74) is 1.70. The zero-order valence-electron chi connectivity index (χ0n) is 18.8. The third kappa shape index (κ3) is 3.89. The number of halogens is 3. The number of rotatable bonds is 5. The standard InChI is InChI=1S/C24H19F3N8O/c25-13-2-1-3-14(10-13)35-12-29-21-22(32-24(33-23(21)35)34-8-6-15(36)7-9-34)28-11-18-30-17-5-4-16(26)19(27)20(17)31-18/h1-5,10,12H,6-9,11H2,(H,30,31)(H,28,32,33). The van der Waals surface area contributed by atoms with E-state index in [-0.39, 0.29) is 17.8 Å². The van der Waals surface area contributed by atoms with Crippen molar-refractivity contribution in [2.45, 2.75) is 19.4 Å². The zero-order chi connectivity index (χ0) is 24.8. The van der Waals surface area contributed by atoms with Crippen LogP contribution in [0.5, 0.6) is 0 Å². The Morgan fingerprint density at radius 1 is 1.00 bits per heavy atom. The summed E-state index contributed by atoms with van der Waals surface area (Å²) in [6.07, 6.45) is 2.32. The second kappa shape index (κ2) is 8.63. The van der Waals surface area contributed by atoms with Gasteiger partial charge in [-0.15, -0.1) is 0 Å². The van der Waals surface area contributed by atoms with Gasteiger partial charge in [0.25, 0.3) is 0 Å². The number of hydrogen-bond acceptors (Lipinski definition) is 7. The number of aromatic nitrogens is 6. The lowest BCUT2D eigenvalue weighted by Crippen LogP contribution is -2.35. The molecule has 1 aliphatic heterocycles. The van der Waals surface area contributed by atoms with Crippen molar-refractivity contribution in [2.75, 3.05) is 23.3 Å². The molecule has 0 spiro atoms. The summed E-state index contributed by atoms with van der Waals surface area (Å²) in [5, 5.41) is 3.16. The van der Waals surface area contributed by atoms with Gasteiger partial charge < -0.3 is 15.2 Å². The molecule has 4 heterocycles. The molecular formula is C24H19F3N8O. The van der Waals surface area contributed by atoms with E-state index in [1.165, 1.54) is 24.5 Å². The highest BCUT2D eigenvalue weighted by molar-refractivity contribution is 5.86. The van der Waals surface area contributed by atoms with Gasteiger partial charge >= 0.3 is 0 Å². The van der Waals surface area contributed by atoms with Gasteiger partial charge in [0.15, 0.2) is 28.6 Å². The van der Waals surface area contributed by atoms with Gasteiger partial charge in [0.05, 0.1) is 17.7 Å². The van der Waals surface area contributed by atoms with Crippen molar-refractivity contribution in [1.29, 1.82) is 0 Å². The predicted molar refractivity (Wildman–Crippen MR) is 126 cm³/mol. The average Bonchev–Trinajstić information content (AvgIpc) is 3.50. The van der Waals surface area contributed by atoms with Crippen LogP contribution in [-0.4, -0.2) is 48.4 Å². The maximum atomic E-state index is 14.1. The minimum absolute atomic E-state index is 0.0892. The Labute approximate surface area is 202 Å². The number of piperidine rings is 1. The normalized spacial score (nSPS) is 14.2. The molecule has 0 radical (unpaired) electrons. The van der Waals surface area contributed by atoms with Crippen LogP contribution in [0.2, 0.25) is 0 Å². The van der Waals surface area contributed by atoms with Crippen LogP contribution in [-0.2, 0) is 11.3 Å². The number of carbonyl (C=O) groups is 1. The summed E-state index contributed by atoms with van der Waals surface area (Å²) < 4.78 is 43.2. The number of carbonyl (C=O) groups excluding carboxylic acids is 1. The third-order valence-corrected chi connectivity index (χ3v) is 6.09. The molecule has 2 N–H and O–H groups in total. The molecule has 1 saturated heterocycles. The van der Waals surface area contributed by atoms with Crippen LogP contribution in [0.4, 0.5) is 24.9 Å². The number of H-pyrrole nitrogens is 1. The molecule has 0 bridgehead atoms. The molecule has 0 amide bonds. The van der Waals surface area contributed by atoms with Crippen molar-refractivity contribution in [3.05, 3.63) is 66.0 Å². The number of nitrogens with one attached hydrogen (secondary N) is 2. The van der Waals surface area contributed by atoms with Gasteiger partial charge in [0.2, 0.25) is 5.95 Å². The van der Waals surface area contributed by atoms with E-state index in [2.05, 4.69) is 30.2 Å². The van der Waals surface area contributed by atoms with Gasteiger partial charge in [-0.25, -0.2) is 23.1 Å². The largest absolute Gasteiger partial charge is 0.361 e. The van der Waals surface area contributed by atoms with Gasteiger partial charge in [0.1, 0.15) is 29.3 Å². The van der Waals surface area contributed by atoms with Gasteiger partial charge in [-0.3, -0.25) is 9.36 Å². The van der Waals surface area contributed by atoms with E-state index < -0.39 is 17.5 Å². The van der Waals surface area contributed by atoms with E-state index in [1.54, 1.807) is 16.7 Å². The molecule has 0 aliphatic carbocycles. The van der Waals surface area contributed by atoms with Crippen molar-refractivity contribution < 1.29 is 18.0 Å². The van der Waals surface area contributed by atoms with Crippen molar-refractivity contribution in [3.8, 4) is 5.69 Å². The molecule has 0 atom stereocenters. The molecule has 2 aromatic carbocycles. The lowest BCUT2D eigenvalue weighted by Gasteiger charge is -2.26. The first kappa shape index (κ1) is 22.0. The van der Waals surface area contributed by atoms with Gasteiger partial charge in [-0.05, 0) is 30.3 Å². The molecule has 0 unspecified atom stereocenters. The summed E-state index contributed by atoms with van der Waals surface area (Å²) in [6, 6.07) is 8.51. The van der Waals surface area contributed by atoms with Crippen LogP contribution >= 0.6 is 0 Å². The number of ketones is 1. The summed E-state index contributed by atoms with van der Waals surface area (Å²) in [6.45, 7) is 1.07. The molecule has 36 heavy (non-hydrogen) atoms. The summed E-state index contributed by atoms with van der Waals surface area (Å²) >= 11 is 0. The average molecular weight is 492 g/mol. The number of anilines is 2. The number of nitrogens with zero attached hydrogens (tertiary/aromatic N) is 6. The SMILES string of the molecule is O=C1CCN(c2nc(NCc3nc4c(F)c(F)ccc4[nH]3)c3ncn(-c4cccc(F)c4)c3n2)CC1. The van der Waals surface area contributed by atoms with E-state index in [9.17, 15) is 18.0 Å². The molecule has 5 aromatic rings. The van der Waals surface area contributed by atoms with E-state index >= 15 is 0 Å². The monoisotopic (exact) mass is 492 g/mol. The number of Topliss-reactive ketones (excluding diaryl/α,β-unsaturated/α-hetero) is 1. The van der Waals surface area contributed by atoms with Crippen molar-refractivity contribution in [3.63, 3.8) is 0 Å². The van der Waals surface area contributed by atoms with Gasteiger partial charge in [0, 0.05) is 25.9 Å². The number of imidazole rings is 2. The van der Waals surface area contributed by atoms with Gasteiger partial charge in [-0.2, -0.15) is 9.97 Å². The topological polar surface area (TPSA) is 105 Å². The van der Waals surface area contributed by atoms with Crippen LogP contribution in [0, 0.1) is 17.5 Å². The van der Waals surface area contributed by atoms with Crippen LogP contribution < -0.4 is 10.2 Å². The highest BCUT2D eigenvalue weighted by Crippen LogP contribution is 2.27. The Hall–Kier alpha value is -4.48. The van der Waals surface area contributed by atoms with E-state index in [0.717, 1.165) is 6.07 Å². The smallest absolute Gasteiger partial charge is 0.229 e. The van der Waals surface area contributed by atoms with Crippen LogP contribution in [0.25, 0.3) is 27.9 Å². The fourth-order valence-corrected chi connectivity index (χ4v) is 4.24. The second-order valence-electron chi connectivity index (χ2n) is 8.46. The molecule has 1 fully saturated rings. The molecule has 1 aliphatic rings. The predicted octanol–water partition coefficient (Wildman–Crippen LogP) is 3.89. The first-order valence-corrected chi connectivity index (χ1v) is 11.3. The Morgan fingerprint density at radius 2 is 1.83 bits per heavy atom. The fraction of sp³-hybridized carbons (Fsp3) is 0.208. The quantitative estimate of drug-likeness (QED) is 0.384. The number of benzene rings is 2. The van der Waals surface area contributed by atoms with Crippen molar-refractivity contribution in [1.82, 2.24) is 29.5 Å². The van der Waals surface area contributed by atoms with Crippen molar-refractivity contribution >= 4 is 39.7 Å². The number of aromatic amines is 1. The fourth-order valence-electron chi connectivity index (χ4n) is 4.24. The highest BCUT2D eigenvalue weighted by Gasteiger charge is 2.22. The second-order valence-corrected chi connectivity index (χ2v) is 8.46. The molecular weight excluding hydrogens is 473 g/mol. The minimum Gasteiger partial charge on any atom is -0.361 e. The Bertz CT molecular complexity index is 1620. The highest BCUT2D eigenvalue weighted by atomic mass is 19.2. The number of fused-ring (bicyclic) bond motifs is 2. The van der Waals surface area contributed by atoms with Crippen LogP contribution in [0.1, 0.15) is 18.7 Å². The maximum absolute atomic E-state index is 14.1. The molecule has 9 nitrogen and oxygen atoms in total. The summed E-state index contributed by atoms with van der Waals surface area (Å²) in [4.78, 5) is 34.5. The molecule has 182 valence electrons. The van der Waals surface area contributed by atoms with E-state index in [1.807, 2.05) is 4.90 Å². The molecule has 3 aromatic heterocycles. The van der Waals surface area contributed by atoms with Crippen LogP contribution in [0.3, 0.4) is 0 Å². The Balaban J connectivity index is 1.40. The summed E-state index contributed by atoms with van der Waals surface area (Å²) in [5.74, 6) is -1.05. The molecule has 12 heteroatoms. The van der Waals surface area contributed by atoms with E-state index in [4.69, 9.17) is 0 Å². The third-order valence-electron chi connectivity index (χ3n) is 6.09. The lowest BCUT2D eigenvalue weighted by molar-refractivity contribution is -0.119. The van der Waals surface area contributed by atoms with Crippen molar-refractivity contribution in [2.24, 2.45) is 0 Å². The first-order chi connectivity index (χ1) is 17.5. The molecule has 6 rings (SSSR count). The zero-order valence-corrected chi connectivity index (χ0v) is 18.8.